The van der Waals surface area contributed by atoms with E-state index in [4.69, 9.17) is 11.6 Å². The Labute approximate surface area is 74.7 Å². The molecular weight excluding hydrogens is 172 g/mol. The smallest absolute Gasteiger partial charge is 0.0714 e. The fourth-order valence-corrected chi connectivity index (χ4v) is 2.37. The van der Waals surface area contributed by atoms with Crippen molar-refractivity contribution in [1.82, 2.24) is 0 Å². The summed E-state index contributed by atoms with van der Waals surface area (Å²) in [5.41, 5.74) is 2.00. The van der Waals surface area contributed by atoms with E-state index in [1.165, 1.54) is 10.8 Å². The van der Waals surface area contributed by atoms with Crippen molar-refractivity contribution in [3.8, 4) is 0 Å². The van der Waals surface area contributed by atoms with E-state index in [1.807, 2.05) is 6.08 Å². The molecule has 0 amide bonds. The van der Waals surface area contributed by atoms with E-state index in [9.17, 15) is 0 Å². The zero-order chi connectivity index (χ0) is 8.10. The molecular formula is C9H11ClSi. The highest BCUT2D eigenvalue weighted by Crippen LogP contribution is 1.97. The summed E-state index contributed by atoms with van der Waals surface area (Å²) in [6.07, 6.45) is 1.85. The van der Waals surface area contributed by atoms with Crippen LogP contribution in [0.15, 0.2) is 30.8 Å². The van der Waals surface area contributed by atoms with Crippen LogP contribution in [0.4, 0.5) is 0 Å². The lowest BCUT2D eigenvalue weighted by molar-refractivity contribution is 1.70. The third-order valence-electron chi connectivity index (χ3n) is 1.60. The summed E-state index contributed by atoms with van der Waals surface area (Å²) in [4.78, 5) is 0. The van der Waals surface area contributed by atoms with Gasteiger partial charge in [-0.2, -0.15) is 0 Å². The molecule has 0 atom stereocenters. The van der Waals surface area contributed by atoms with Crippen LogP contribution in [0.25, 0.3) is 6.08 Å². The third-order valence-corrected chi connectivity index (χ3v) is 3.40. The number of rotatable bonds is 3. The van der Waals surface area contributed by atoms with E-state index in [-0.39, 0.29) is 9.52 Å². The number of alkyl halides is 1. The molecule has 0 heterocycles. The molecule has 0 saturated heterocycles. The number of benzene rings is 1. The van der Waals surface area contributed by atoms with E-state index in [2.05, 4.69) is 30.8 Å². The van der Waals surface area contributed by atoms with Crippen LogP contribution in [0.2, 0.25) is 0 Å². The summed E-state index contributed by atoms with van der Waals surface area (Å²) in [5, 5.41) is 1.42. The first-order valence-electron chi connectivity index (χ1n) is 3.64. The molecule has 0 N–H and O–H groups in total. The van der Waals surface area contributed by atoms with Gasteiger partial charge >= 0.3 is 0 Å². The van der Waals surface area contributed by atoms with Gasteiger partial charge in [-0.05, 0) is 5.56 Å². The molecule has 1 aromatic carbocycles. The SMILES string of the molecule is C=Cc1ccc([SiH2]CCl)cc1. The molecule has 1 rings (SSSR count). The Morgan fingerprint density at radius 3 is 2.45 bits per heavy atom. The Balaban J connectivity index is 2.74. The summed E-state index contributed by atoms with van der Waals surface area (Å²) >= 11 is 5.65. The average Bonchev–Trinajstić information content (AvgIpc) is 2.07. The van der Waals surface area contributed by atoms with Crippen LogP contribution in [-0.2, 0) is 0 Å². The Hall–Kier alpha value is -0.533. The number of halogens is 1. The van der Waals surface area contributed by atoms with Gasteiger partial charge in [0.1, 0.15) is 0 Å². The van der Waals surface area contributed by atoms with E-state index in [0.29, 0.717) is 0 Å². The van der Waals surface area contributed by atoms with Crippen molar-refractivity contribution < 1.29 is 0 Å². The zero-order valence-electron chi connectivity index (χ0n) is 6.39. The molecule has 1 aromatic rings. The molecule has 0 aromatic heterocycles. The molecule has 0 aliphatic rings. The minimum absolute atomic E-state index is 0.194. The summed E-state index contributed by atoms with van der Waals surface area (Å²) in [7, 11) is -0.194. The van der Waals surface area contributed by atoms with Crippen molar-refractivity contribution in [1.29, 1.82) is 0 Å². The normalized spacial score (nSPS) is 10.6. The molecule has 0 nitrogen and oxygen atoms in total. The van der Waals surface area contributed by atoms with E-state index >= 15 is 0 Å². The van der Waals surface area contributed by atoms with Crippen LogP contribution in [0.5, 0.6) is 0 Å². The van der Waals surface area contributed by atoms with E-state index in [1.54, 1.807) is 0 Å². The van der Waals surface area contributed by atoms with Crippen molar-refractivity contribution in [3.05, 3.63) is 36.4 Å². The van der Waals surface area contributed by atoms with Crippen LogP contribution in [0.3, 0.4) is 0 Å². The lowest BCUT2D eigenvalue weighted by Gasteiger charge is -1.96. The van der Waals surface area contributed by atoms with Gasteiger partial charge in [0.25, 0.3) is 0 Å². The zero-order valence-corrected chi connectivity index (χ0v) is 8.56. The summed E-state index contributed by atoms with van der Waals surface area (Å²) in [5.74, 6) is 0. The summed E-state index contributed by atoms with van der Waals surface area (Å²) in [6.45, 7) is 3.69. The Bertz CT molecular complexity index is 228. The van der Waals surface area contributed by atoms with Gasteiger partial charge in [0.05, 0.1) is 9.52 Å². The maximum absolute atomic E-state index is 5.65. The first kappa shape index (κ1) is 8.56. The minimum Gasteiger partial charge on any atom is -0.130 e. The van der Waals surface area contributed by atoms with Gasteiger partial charge in [-0.3, -0.25) is 0 Å². The highest BCUT2D eigenvalue weighted by atomic mass is 35.5. The summed E-state index contributed by atoms with van der Waals surface area (Å²) in [6, 6.07) is 8.46. The van der Waals surface area contributed by atoms with Crippen molar-refractivity contribution in [2.45, 2.75) is 0 Å². The second-order valence-electron chi connectivity index (χ2n) is 2.38. The molecule has 0 saturated carbocycles. The van der Waals surface area contributed by atoms with Gasteiger partial charge in [0, 0.05) is 5.50 Å². The van der Waals surface area contributed by atoms with Gasteiger partial charge in [0.2, 0.25) is 0 Å². The summed E-state index contributed by atoms with van der Waals surface area (Å²) < 4.78 is 0. The molecule has 0 radical (unpaired) electrons. The van der Waals surface area contributed by atoms with Gasteiger partial charge < -0.3 is 0 Å². The first-order valence-corrected chi connectivity index (χ1v) is 5.88. The lowest BCUT2D eigenvalue weighted by atomic mass is 10.2. The van der Waals surface area contributed by atoms with Crippen molar-refractivity contribution in [2.75, 3.05) is 5.50 Å². The van der Waals surface area contributed by atoms with Gasteiger partial charge in [-0.25, -0.2) is 0 Å². The van der Waals surface area contributed by atoms with Crippen LogP contribution in [-0.4, -0.2) is 15.0 Å². The molecule has 0 aliphatic heterocycles. The Kier molecular flexibility index (Phi) is 3.40. The monoisotopic (exact) mass is 182 g/mol. The van der Waals surface area contributed by atoms with Crippen molar-refractivity contribution in [3.63, 3.8) is 0 Å². The molecule has 0 aliphatic carbocycles. The molecule has 0 unspecified atom stereocenters. The fraction of sp³-hybridized carbons (Fsp3) is 0.111. The topological polar surface area (TPSA) is 0 Å². The molecule has 0 fully saturated rings. The average molecular weight is 183 g/mol. The third kappa shape index (κ3) is 2.52. The molecule has 0 bridgehead atoms. The second kappa shape index (κ2) is 4.37. The van der Waals surface area contributed by atoms with Crippen LogP contribution < -0.4 is 5.19 Å². The standard InChI is InChI=1S/C9H11ClSi/c1-2-8-3-5-9(6-4-8)11-7-10/h2-6H,1,7,11H2. The van der Waals surface area contributed by atoms with Crippen LogP contribution >= 0.6 is 11.6 Å². The molecule has 58 valence electrons. The molecule has 0 spiro atoms. The van der Waals surface area contributed by atoms with Crippen molar-refractivity contribution >= 4 is 32.4 Å². The van der Waals surface area contributed by atoms with E-state index in [0.717, 1.165) is 5.50 Å². The second-order valence-corrected chi connectivity index (χ2v) is 5.21. The van der Waals surface area contributed by atoms with Gasteiger partial charge in [-0.1, -0.05) is 42.1 Å². The maximum Gasteiger partial charge on any atom is 0.0714 e. The minimum atomic E-state index is -0.194. The quantitative estimate of drug-likeness (QED) is 0.489. The first-order chi connectivity index (χ1) is 5.36. The Morgan fingerprint density at radius 2 is 2.00 bits per heavy atom. The molecule has 11 heavy (non-hydrogen) atoms. The van der Waals surface area contributed by atoms with Crippen LogP contribution in [0, 0.1) is 0 Å². The predicted octanol–water partition coefficient (Wildman–Crippen LogP) is 1.32. The van der Waals surface area contributed by atoms with Crippen molar-refractivity contribution in [2.24, 2.45) is 0 Å². The highest BCUT2D eigenvalue weighted by molar-refractivity contribution is 6.62. The van der Waals surface area contributed by atoms with Gasteiger partial charge in [-0.15, -0.1) is 11.6 Å². The predicted molar refractivity (Wildman–Crippen MR) is 55.4 cm³/mol. The van der Waals surface area contributed by atoms with E-state index < -0.39 is 0 Å². The van der Waals surface area contributed by atoms with Crippen LogP contribution in [0.1, 0.15) is 5.56 Å². The fourth-order valence-electron chi connectivity index (χ4n) is 0.929. The number of hydrogen-bond acceptors (Lipinski definition) is 0. The lowest BCUT2D eigenvalue weighted by Crippen LogP contribution is -2.14. The molecule has 2 heteroatoms. The largest absolute Gasteiger partial charge is 0.130 e. The highest BCUT2D eigenvalue weighted by Gasteiger charge is 1.90. The maximum atomic E-state index is 5.65. The number of hydrogen-bond donors (Lipinski definition) is 0. The van der Waals surface area contributed by atoms with Gasteiger partial charge in [0.15, 0.2) is 0 Å². The Morgan fingerprint density at radius 1 is 1.36 bits per heavy atom.